The molecular weight excluding hydrogens is 274 g/mol. The van der Waals surface area contributed by atoms with Crippen LogP contribution in [0.1, 0.15) is 35.6 Å². The van der Waals surface area contributed by atoms with Gasteiger partial charge in [0.1, 0.15) is 5.82 Å². The number of aryl methyl sites for hydroxylation is 1. The zero-order chi connectivity index (χ0) is 15.5. The number of likely N-dealkylation sites (tertiary alicyclic amines) is 1. The fourth-order valence-electron chi connectivity index (χ4n) is 3.25. The summed E-state index contributed by atoms with van der Waals surface area (Å²) in [6.07, 6.45) is 6.42. The minimum Gasteiger partial charge on any atom is -0.373 e. The van der Waals surface area contributed by atoms with Crippen molar-refractivity contribution in [3.8, 4) is 0 Å². The Bertz CT molecular complexity index is 634. The molecule has 3 heterocycles. The quantitative estimate of drug-likeness (QED) is 0.942. The van der Waals surface area contributed by atoms with E-state index in [1.807, 2.05) is 31.2 Å². The Morgan fingerprint density at radius 3 is 3.00 bits per heavy atom. The molecule has 1 fully saturated rings. The van der Waals surface area contributed by atoms with Gasteiger partial charge in [0.25, 0.3) is 0 Å². The Kier molecular flexibility index (Phi) is 4.43. The van der Waals surface area contributed by atoms with Crippen LogP contribution in [-0.2, 0) is 13.6 Å². The molecule has 22 heavy (non-hydrogen) atoms. The highest BCUT2D eigenvalue weighted by molar-refractivity contribution is 5.38. The van der Waals surface area contributed by atoms with Gasteiger partial charge in [-0.1, -0.05) is 0 Å². The van der Waals surface area contributed by atoms with E-state index in [1.54, 1.807) is 0 Å². The second kappa shape index (κ2) is 6.48. The van der Waals surface area contributed by atoms with Gasteiger partial charge in [-0.3, -0.25) is 9.58 Å². The number of nitrogens with one attached hydrogen (secondary N) is 1. The number of hydrogen-bond acceptors (Lipinski definition) is 4. The normalized spacial score (nSPS) is 19.3. The second-order valence-corrected chi connectivity index (χ2v) is 6.18. The summed E-state index contributed by atoms with van der Waals surface area (Å²) in [5.74, 6) is 1.55. The van der Waals surface area contributed by atoms with Crippen LogP contribution in [0.3, 0.4) is 0 Å². The van der Waals surface area contributed by atoms with Crippen molar-refractivity contribution in [3.05, 3.63) is 41.3 Å². The van der Waals surface area contributed by atoms with Gasteiger partial charge in [-0.25, -0.2) is 4.98 Å². The molecule has 0 unspecified atom stereocenters. The smallest absolute Gasteiger partial charge is 0.125 e. The molecule has 0 aliphatic carbocycles. The van der Waals surface area contributed by atoms with Crippen LogP contribution in [0.4, 0.5) is 5.82 Å². The fraction of sp³-hybridized carbons (Fsp3) is 0.529. The zero-order valence-electron chi connectivity index (χ0n) is 13.7. The molecule has 0 bridgehead atoms. The maximum atomic E-state index is 4.35. The third-order valence-electron chi connectivity index (χ3n) is 4.75. The molecule has 118 valence electrons. The van der Waals surface area contributed by atoms with Gasteiger partial charge in [0.2, 0.25) is 0 Å². The third-order valence-corrected chi connectivity index (χ3v) is 4.75. The van der Waals surface area contributed by atoms with E-state index in [2.05, 4.69) is 39.4 Å². The average molecular weight is 299 g/mol. The van der Waals surface area contributed by atoms with E-state index in [1.165, 1.54) is 36.2 Å². The van der Waals surface area contributed by atoms with Crippen LogP contribution in [0.5, 0.6) is 0 Å². The van der Waals surface area contributed by atoms with Gasteiger partial charge < -0.3 is 5.32 Å². The zero-order valence-corrected chi connectivity index (χ0v) is 13.7. The van der Waals surface area contributed by atoms with Gasteiger partial charge in [-0.2, -0.15) is 5.10 Å². The maximum absolute atomic E-state index is 4.35. The topological polar surface area (TPSA) is 46.0 Å². The molecule has 2 aromatic heterocycles. The molecule has 2 aromatic rings. The van der Waals surface area contributed by atoms with Crippen LogP contribution in [0.2, 0.25) is 0 Å². The van der Waals surface area contributed by atoms with Crippen LogP contribution in [0, 0.1) is 6.92 Å². The van der Waals surface area contributed by atoms with Gasteiger partial charge >= 0.3 is 0 Å². The van der Waals surface area contributed by atoms with E-state index >= 15 is 0 Å². The fourth-order valence-corrected chi connectivity index (χ4v) is 3.25. The van der Waals surface area contributed by atoms with Gasteiger partial charge in [0.15, 0.2) is 0 Å². The Hall–Kier alpha value is -1.88. The van der Waals surface area contributed by atoms with E-state index in [0.29, 0.717) is 5.92 Å². The van der Waals surface area contributed by atoms with E-state index in [-0.39, 0.29) is 0 Å². The highest BCUT2D eigenvalue weighted by Crippen LogP contribution is 2.28. The minimum atomic E-state index is 0.598. The third kappa shape index (κ3) is 3.14. The molecule has 5 heteroatoms. The Morgan fingerprint density at radius 2 is 2.27 bits per heavy atom. The lowest BCUT2D eigenvalue weighted by atomic mass is 9.91. The number of rotatable bonds is 4. The first-order valence-electron chi connectivity index (χ1n) is 8.01. The van der Waals surface area contributed by atoms with E-state index in [4.69, 9.17) is 0 Å². The molecule has 0 amide bonds. The molecule has 1 atom stereocenters. The Labute approximate surface area is 132 Å². The van der Waals surface area contributed by atoms with Gasteiger partial charge in [0.05, 0.1) is 6.20 Å². The van der Waals surface area contributed by atoms with Crippen molar-refractivity contribution < 1.29 is 0 Å². The first-order chi connectivity index (χ1) is 10.7. The largest absolute Gasteiger partial charge is 0.373 e. The SMILES string of the molecule is CNc1cc([C@H]2CCCN(Cc3cnn(C)c3C)C2)ccn1. The predicted molar refractivity (Wildman–Crippen MR) is 89.0 cm³/mol. The van der Waals surface area contributed by atoms with Gasteiger partial charge in [0, 0.05) is 44.6 Å². The van der Waals surface area contributed by atoms with E-state index < -0.39 is 0 Å². The number of pyridine rings is 1. The lowest BCUT2D eigenvalue weighted by Crippen LogP contribution is -2.34. The van der Waals surface area contributed by atoms with E-state index in [0.717, 1.165) is 18.9 Å². The van der Waals surface area contributed by atoms with Crippen molar-refractivity contribution in [1.29, 1.82) is 0 Å². The summed E-state index contributed by atoms with van der Waals surface area (Å²) in [5, 5.41) is 7.49. The number of anilines is 1. The molecule has 3 rings (SSSR count). The number of piperidine rings is 1. The van der Waals surface area contributed by atoms with Crippen molar-refractivity contribution >= 4 is 5.82 Å². The second-order valence-electron chi connectivity index (χ2n) is 6.18. The van der Waals surface area contributed by atoms with E-state index in [9.17, 15) is 0 Å². The number of nitrogens with zero attached hydrogens (tertiary/aromatic N) is 4. The lowest BCUT2D eigenvalue weighted by Gasteiger charge is -2.33. The van der Waals surface area contributed by atoms with Crippen LogP contribution in [0.25, 0.3) is 0 Å². The lowest BCUT2D eigenvalue weighted by molar-refractivity contribution is 0.200. The first kappa shape index (κ1) is 15.0. The summed E-state index contributed by atoms with van der Waals surface area (Å²) in [6, 6.07) is 4.34. The Morgan fingerprint density at radius 1 is 1.41 bits per heavy atom. The van der Waals surface area contributed by atoms with Crippen LogP contribution in [-0.4, -0.2) is 39.8 Å². The molecule has 1 aliphatic heterocycles. The van der Waals surface area contributed by atoms with Crippen molar-refractivity contribution in [2.24, 2.45) is 7.05 Å². The first-order valence-corrected chi connectivity index (χ1v) is 8.01. The average Bonchev–Trinajstić information content (AvgIpc) is 2.87. The minimum absolute atomic E-state index is 0.598. The van der Waals surface area contributed by atoms with Crippen molar-refractivity contribution in [1.82, 2.24) is 19.7 Å². The molecule has 0 spiro atoms. The maximum Gasteiger partial charge on any atom is 0.125 e. The monoisotopic (exact) mass is 299 g/mol. The summed E-state index contributed by atoms with van der Waals surface area (Å²) >= 11 is 0. The molecule has 0 saturated carbocycles. The molecule has 1 N–H and O–H groups in total. The van der Waals surface area contributed by atoms with Crippen molar-refractivity contribution in [2.45, 2.75) is 32.2 Å². The standard InChI is InChI=1S/C17H25N5/c1-13-16(10-20-21(13)3)12-22-8-4-5-15(11-22)14-6-7-19-17(9-14)18-2/h6-7,9-10,15H,4-5,8,11-12H2,1-3H3,(H,18,19)/t15-/m0/s1. The summed E-state index contributed by atoms with van der Waals surface area (Å²) < 4.78 is 1.96. The molecular formula is C17H25N5. The van der Waals surface area contributed by atoms with Crippen molar-refractivity contribution in [2.75, 3.05) is 25.5 Å². The highest BCUT2D eigenvalue weighted by Gasteiger charge is 2.22. The number of hydrogen-bond donors (Lipinski definition) is 1. The summed E-state index contributed by atoms with van der Waals surface area (Å²) in [6.45, 7) is 5.43. The number of aromatic nitrogens is 3. The highest BCUT2D eigenvalue weighted by atomic mass is 15.3. The molecule has 0 radical (unpaired) electrons. The van der Waals surface area contributed by atoms with Crippen molar-refractivity contribution in [3.63, 3.8) is 0 Å². The molecule has 1 aliphatic rings. The molecule has 0 aromatic carbocycles. The van der Waals surface area contributed by atoms with Crippen LogP contribution < -0.4 is 5.32 Å². The van der Waals surface area contributed by atoms with Crippen LogP contribution >= 0.6 is 0 Å². The molecule has 1 saturated heterocycles. The summed E-state index contributed by atoms with van der Waals surface area (Å²) in [5.41, 5.74) is 4.00. The van der Waals surface area contributed by atoms with Gasteiger partial charge in [-0.05, 0) is 49.9 Å². The summed E-state index contributed by atoms with van der Waals surface area (Å²) in [4.78, 5) is 6.87. The van der Waals surface area contributed by atoms with Crippen LogP contribution in [0.15, 0.2) is 24.5 Å². The summed E-state index contributed by atoms with van der Waals surface area (Å²) in [7, 11) is 3.93. The van der Waals surface area contributed by atoms with Gasteiger partial charge in [-0.15, -0.1) is 0 Å². The predicted octanol–water partition coefficient (Wildman–Crippen LogP) is 2.54. The molecule has 5 nitrogen and oxygen atoms in total. The Balaban J connectivity index is 1.70.